The van der Waals surface area contributed by atoms with E-state index >= 15 is 0 Å². The van der Waals surface area contributed by atoms with E-state index in [4.69, 9.17) is 0 Å². The Labute approximate surface area is 191 Å². The molecule has 2 aliphatic heterocycles. The van der Waals surface area contributed by atoms with Gasteiger partial charge in [-0.15, -0.1) is 0 Å². The van der Waals surface area contributed by atoms with E-state index in [1.54, 1.807) is 28.6 Å². The second-order valence-electron chi connectivity index (χ2n) is 9.12. The van der Waals surface area contributed by atoms with Crippen LogP contribution in [0.4, 0.5) is 5.69 Å². The van der Waals surface area contributed by atoms with Gasteiger partial charge >= 0.3 is 0 Å². The molecule has 0 aromatic heterocycles. The summed E-state index contributed by atoms with van der Waals surface area (Å²) in [5.41, 5.74) is 2.38. The molecule has 172 valence electrons. The van der Waals surface area contributed by atoms with E-state index < -0.39 is 10.0 Å². The molecular weight excluding hydrogens is 422 g/mol. The van der Waals surface area contributed by atoms with Gasteiger partial charge in [-0.25, -0.2) is 8.42 Å². The molecular formula is C25H33N3O3S. The smallest absolute Gasteiger partial charge is 0.255 e. The van der Waals surface area contributed by atoms with Crippen molar-refractivity contribution in [3.63, 3.8) is 0 Å². The highest BCUT2D eigenvalue weighted by Crippen LogP contribution is 2.22. The maximum atomic E-state index is 12.8. The number of hydrogen-bond donors (Lipinski definition) is 1. The quantitative estimate of drug-likeness (QED) is 0.703. The first-order valence-corrected chi connectivity index (χ1v) is 13.1. The number of carbonyl (C=O) groups is 1. The lowest BCUT2D eigenvalue weighted by molar-refractivity contribution is 0.102. The van der Waals surface area contributed by atoms with E-state index in [0.29, 0.717) is 24.3 Å². The normalized spacial score (nSPS) is 20.7. The SMILES string of the molecule is C[C@@H]1CCCN(Cc2ccc(C(=O)Nc3ccc(S(=O)(=O)N4CCCCC4)cc3)cc2)C1. The van der Waals surface area contributed by atoms with E-state index in [1.165, 1.54) is 18.4 Å². The average molecular weight is 456 g/mol. The van der Waals surface area contributed by atoms with Crippen molar-refractivity contribution in [2.75, 3.05) is 31.5 Å². The van der Waals surface area contributed by atoms with Crippen molar-refractivity contribution < 1.29 is 13.2 Å². The van der Waals surface area contributed by atoms with Crippen molar-refractivity contribution in [2.24, 2.45) is 5.92 Å². The van der Waals surface area contributed by atoms with Gasteiger partial charge in [0.25, 0.3) is 5.91 Å². The summed E-state index contributed by atoms with van der Waals surface area (Å²) in [5.74, 6) is 0.546. The average Bonchev–Trinajstić information content (AvgIpc) is 2.80. The maximum absolute atomic E-state index is 12.8. The highest BCUT2D eigenvalue weighted by Gasteiger charge is 2.25. The van der Waals surface area contributed by atoms with Crippen LogP contribution >= 0.6 is 0 Å². The summed E-state index contributed by atoms with van der Waals surface area (Å²) < 4.78 is 27.1. The highest BCUT2D eigenvalue weighted by molar-refractivity contribution is 7.89. The summed E-state index contributed by atoms with van der Waals surface area (Å²) in [5, 5.41) is 2.87. The Kier molecular flexibility index (Phi) is 7.28. The molecule has 2 aromatic rings. The van der Waals surface area contributed by atoms with E-state index in [9.17, 15) is 13.2 Å². The Balaban J connectivity index is 1.35. The molecule has 0 unspecified atom stereocenters. The lowest BCUT2D eigenvalue weighted by Crippen LogP contribution is -2.35. The fraction of sp³-hybridized carbons (Fsp3) is 0.480. The summed E-state index contributed by atoms with van der Waals surface area (Å²) in [6, 6.07) is 14.2. The van der Waals surface area contributed by atoms with Gasteiger partial charge in [0, 0.05) is 37.4 Å². The van der Waals surface area contributed by atoms with Gasteiger partial charge in [0.15, 0.2) is 0 Å². The lowest BCUT2D eigenvalue weighted by Gasteiger charge is -2.30. The zero-order chi connectivity index (χ0) is 22.6. The predicted molar refractivity (Wildman–Crippen MR) is 127 cm³/mol. The zero-order valence-corrected chi connectivity index (χ0v) is 19.6. The molecule has 0 radical (unpaired) electrons. The molecule has 1 atom stereocenters. The third-order valence-electron chi connectivity index (χ3n) is 6.43. The number of nitrogens with zero attached hydrogens (tertiary/aromatic N) is 2. The summed E-state index contributed by atoms with van der Waals surface area (Å²) in [6.45, 7) is 6.64. The van der Waals surface area contributed by atoms with E-state index in [-0.39, 0.29) is 10.8 Å². The zero-order valence-electron chi connectivity index (χ0n) is 18.8. The molecule has 4 rings (SSSR count). The van der Waals surface area contributed by atoms with Crippen LogP contribution in [0.15, 0.2) is 53.4 Å². The minimum Gasteiger partial charge on any atom is -0.322 e. The number of hydrogen-bond acceptors (Lipinski definition) is 4. The maximum Gasteiger partial charge on any atom is 0.255 e. The first-order valence-electron chi connectivity index (χ1n) is 11.6. The molecule has 0 saturated carbocycles. The van der Waals surface area contributed by atoms with Crippen LogP contribution in [0.25, 0.3) is 0 Å². The molecule has 32 heavy (non-hydrogen) atoms. The Morgan fingerprint density at radius 3 is 2.28 bits per heavy atom. The monoisotopic (exact) mass is 455 g/mol. The molecule has 2 fully saturated rings. The van der Waals surface area contributed by atoms with Crippen molar-refractivity contribution in [1.29, 1.82) is 0 Å². The second-order valence-corrected chi connectivity index (χ2v) is 11.1. The number of sulfonamides is 1. The van der Waals surface area contributed by atoms with Crippen LogP contribution in [-0.2, 0) is 16.6 Å². The Bertz CT molecular complexity index is 1010. The number of nitrogens with one attached hydrogen (secondary N) is 1. The molecule has 6 nitrogen and oxygen atoms in total. The van der Waals surface area contributed by atoms with E-state index in [2.05, 4.69) is 17.1 Å². The first kappa shape index (κ1) is 23.0. The van der Waals surface area contributed by atoms with Crippen molar-refractivity contribution in [3.8, 4) is 0 Å². The molecule has 0 bridgehead atoms. The molecule has 2 aromatic carbocycles. The van der Waals surface area contributed by atoms with Crippen molar-refractivity contribution in [1.82, 2.24) is 9.21 Å². The fourth-order valence-corrected chi connectivity index (χ4v) is 6.13. The van der Waals surface area contributed by atoms with E-state index in [0.717, 1.165) is 44.8 Å². The largest absolute Gasteiger partial charge is 0.322 e. The van der Waals surface area contributed by atoms with Crippen molar-refractivity contribution >= 4 is 21.6 Å². The topological polar surface area (TPSA) is 69.7 Å². The number of amides is 1. The number of benzene rings is 2. The van der Waals surface area contributed by atoms with Gasteiger partial charge in [-0.1, -0.05) is 25.5 Å². The van der Waals surface area contributed by atoms with Gasteiger partial charge in [0.2, 0.25) is 10.0 Å². The third kappa shape index (κ3) is 5.57. The number of carbonyl (C=O) groups excluding carboxylic acids is 1. The molecule has 2 aliphatic rings. The van der Waals surface area contributed by atoms with Crippen LogP contribution in [0.2, 0.25) is 0 Å². The van der Waals surface area contributed by atoms with Gasteiger partial charge in [0.1, 0.15) is 0 Å². The van der Waals surface area contributed by atoms with Crippen LogP contribution in [0.3, 0.4) is 0 Å². The molecule has 2 saturated heterocycles. The standard InChI is InChI=1S/C25H33N3O3S/c1-20-6-5-15-27(18-20)19-21-7-9-22(10-8-21)25(29)26-23-11-13-24(14-12-23)32(30,31)28-16-3-2-4-17-28/h7-14,20H,2-6,15-19H2,1H3,(H,26,29)/t20-/m1/s1. The van der Waals surface area contributed by atoms with Crippen LogP contribution in [-0.4, -0.2) is 49.7 Å². The summed E-state index contributed by atoms with van der Waals surface area (Å²) >= 11 is 0. The van der Waals surface area contributed by atoms with Gasteiger partial charge in [-0.2, -0.15) is 4.31 Å². The number of likely N-dealkylation sites (tertiary alicyclic amines) is 1. The summed E-state index contributed by atoms with van der Waals surface area (Å²) in [4.78, 5) is 15.4. The van der Waals surface area contributed by atoms with Crippen molar-refractivity contribution in [2.45, 2.75) is 50.5 Å². The fourth-order valence-electron chi connectivity index (χ4n) is 4.62. The van der Waals surface area contributed by atoms with Crippen LogP contribution < -0.4 is 5.32 Å². The predicted octanol–water partition coefficient (Wildman–Crippen LogP) is 4.35. The number of piperidine rings is 2. The summed E-state index contributed by atoms with van der Waals surface area (Å²) in [6.07, 6.45) is 5.45. The Morgan fingerprint density at radius 2 is 1.62 bits per heavy atom. The van der Waals surface area contributed by atoms with Crippen molar-refractivity contribution in [3.05, 3.63) is 59.7 Å². The van der Waals surface area contributed by atoms with Gasteiger partial charge in [0.05, 0.1) is 4.90 Å². The van der Waals surface area contributed by atoms with Gasteiger partial charge in [-0.05, 0) is 80.1 Å². The third-order valence-corrected chi connectivity index (χ3v) is 8.34. The number of rotatable bonds is 6. The second kappa shape index (κ2) is 10.1. The minimum atomic E-state index is -3.46. The Hall–Kier alpha value is -2.22. The molecule has 0 spiro atoms. The number of anilines is 1. The lowest BCUT2D eigenvalue weighted by atomic mass is 9.99. The Morgan fingerprint density at radius 1 is 0.938 bits per heavy atom. The first-order chi connectivity index (χ1) is 15.4. The summed E-state index contributed by atoms with van der Waals surface area (Å²) in [7, 11) is -3.46. The van der Waals surface area contributed by atoms with E-state index in [1.807, 2.05) is 24.3 Å². The molecule has 0 aliphatic carbocycles. The van der Waals surface area contributed by atoms with Gasteiger partial charge in [-0.3, -0.25) is 9.69 Å². The molecule has 7 heteroatoms. The van der Waals surface area contributed by atoms with Crippen LogP contribution in [0.1, 0.15) is 54.9 Å². The van der Waals surface area contributed by atoms with Gasteiger partial charge < -0.3 is 5.32 Å². The molecule has 1 amide bonds. The molecule has 1 N–H and O–H groups in total. The molecule has 2 heterocycles. The highest BCUT2D eigenvalue weighted by atomic mass is 32.2. The van der Waals surface area contributed by atoms with Crippen LogP contribution in [0, 0.1) is 5.92 Å². The van der Waals surface area contributed by atoms with Crippen LogP contribution in [0.5, 0.6) is 0 Å². The minimum absolute atomic E-state index is 0.199.